The van der Waals surface area contributed by atoms with Crippen LogP contribution < -0.4 is 15.8 Å². The second-order valence-corrected chi connectivity index (χ2v) is 10.8. The number of hydrogen-bond donors (Lipinski definition) is 1. The molecule has 1 saturated heterocycles. The third-order valence-corrected chi connectivity index (χ3v) is 7.87. The van der Waals surface area contributed by atoms with Crippen molar-refractivity contribution in [1.29, 1.82) is 0 Å². The Bertz CT molecular complexity index is 1940. The summed E-state index contributed by atoms with van der Waals surface area (Å²) in [6.07, 6.45) is 4.80. The Hall–Kier alpha value is -4.90. The molecule has 0 spiro atoms. The third-order valence-electron chi connectivity index (χ3n) is 7.87. The summed E-state index contributed by atoms with van der Waals surface area (Å²) >= 11 is 0. The van der Waals surface area contributed by atoms with Gasteiger partial charge in [0.25, 0.3) is 5.56 Å². The fraction of sp³-hybridized carbons (Fsp3) is 0.267. The molecule has 1 aliphatic rings. The van der Waals surface area contributed by atoms with E-state index in [-0.39, 0.29) is 6.99 Å². The van der Waals surface area contributed by atoms with E-state index in [2.05, 4.69) is 68.1 Å². The molecule has 1 atom stereocenters. The predicted octanol–water partition coefficient (Wildman–Crippen LogP) is 4.14. The average Bonchev–Trinajstić information content (AvgIpc) is 3.33. The molecule has 2 aromatic carbocycles. The van der Waals surface area contributed by atoms with Crippen molar-refractivity contribution >= 4 is 44.9 Å². The minimum Gasteiger partial charge on any atom is -0.369 e. The van der Waals surface area contributed by atoms with Gasteiger partial charge in [-0.25, -0.2) is 24.6 Å². The molecule has 4 aromatic heterocycles. The number of aromatic nitrogens is 7. The standard InChI is InChI=1S/C30H30N10O.H2/c1-19(2)25-18-38(16-15-37(25)3)21-11-9-20(10-12-21)34-29-33-17-23-26(36-29)35-27-22-7-4-5-8-24(22)39(40(27)28(23)41)30-31-13-6-14-32-30;/h4-14,17,19,25H,15-16,18H2,1-3H3,(H,33,34,36);1H/t25-;/m0./s1. The second kappa shape index (κ2) is 9.93. The Kier molecular flexibility index (Phi) is 6.08. The summed E-state index contributed by atoms with van der Waals surface area (Å²) in [7, 11) is 2.21. The van der Waals surface area contributed by atoms with E-state index in [0.717, 1.165) is 36.2 Å². The number of nitrogens with zero attached hydrogens (tertiary/aromatic N) is 9. The monoisotopic (exact) mass is 548 g/mol. The first-order valence-electron chi connectivity index (χ1n) is 13.8. The molecular weight excluding hydrogens is 516 g/mol. The van der Waals surface area contributed by atoms with Gasteiger partial charge in [0.1, 0.15) is 5.39 Å². The van der Waals surface area contributed by atoms with Gasteiger partial charge < -0.3 is 10.2 Å². The molecule has 0 aliphatic carbocycles. The fourth-order valence-electron chi connectivity index (χ4n) is 5.68. The Morgan fingerprint density at radius 3 is 2.49 bits per heavy atom. The lowest BCUT2D eigenvalue weighted by Crippen LogP contribution is -2.53. The number of rotatable bonds is 5. The van der Waals surface area contributed by atoms with Crippen LogP contribution in [0.3, 0.4) is 0 Å². The maximum Gasteiger partial charge on any atom is 0.284 e. The van der Waals surface area contributed by atoms with Gasteiger partial charge in [-0.15, -0.1) is 0 Å². The van der Waals surface area contributed by atoms with Crippen molar-refractivity contribution in [1.82, 2.24) is 39.0 Å². The van der Waals surface area contributed by atoms with Crippen LogP contribution in [0.2, 0.25) is 0 Å². The van der Waals surface area contributed by atoms with Crippen LogP contribution in [0.15, 0.2) is 78.0 Å². The first-order chi connectivity index (χ1) is 20.0. The van der Waals surface area contributed by atoms with Crippen molar-refractivity contribution in [2.45, 2.75) is 19.9 Å². The summed E-state index contributed by atoms with van der Waals surface area (Å²) in [6, 6.07) is 18.2. The molecule has 11 nitrogen and oxygen atoms in total. The minimum atomic E-state index is -0.295. The van der Waals surface area contributed by atoms with Crippen LogP contribution in [0.1, 0.15) is 15.3 Å². The summed E-state index contributed by atoms with van der Waals surface area (Å²) in [4.78, 5) is 41.2. The predicted molar refractivity (Wildman–Crippen MR) is 162 cm³/mol. The van der Waals surface area contributed by atoms with Crippen molar-refractivity contribution in [2.75, 3.05) is 36.9 Å². The zero-order chi connectivity index (χ0) is 28.1. The van der Waals surface area contributed by atoms with E-state index < -0.39 is 0 Å². The van der Waals surface area contributed by atoms with Crippen molar-refractivity contribution < 1.29 is 1.43 Å². The number of nitrogens with one attached hydrogen (secondary N) is 1. The molecule has 5 heterocycles. The first kappa shape index (κ1) is 25.1. The quantitative estimate of drug-likeness (QED) is 0.340. The van der Waals surface area contributed by atoms with Crippen molar-refractivity contribution in [3.05, 3.63) is 83.5 Å². The van der Waals surface area contributed by atoms with Crippen LogP contribution in [0, 0.1) is 5.92 Å². The SMILES string of the molecule is CC(C)[C@@H]1CN(c2ccc(Nc3ncc4c(=O)n5c(nc4n3)c3ccccc3n5-c3ncccn3)cc2)CCN1C.[HH]. The highest BCUT2D eigenvalue weighted by Gasteiger charge is 2.26. The van der Waals surface area contributed by atoms with Crippen LogP contribution in [0.25, 0.3) is 33.5 Å². The third kappa shape index (κ3) is 4.34. The molecule has 0 saturated carbocycles. The van der Waals surface area contributed by atoms with Crippen molar-refractivity contribution in [2.24, 2.45) is 5.92 Å². The maximum absolute atomic E-state index is 13.7. The number of anilines is 3. The normalized spacial score (nSPS) is 16.3. The molecule has 1 N–H and O–H groups in total. The molecule has 1 aliphatic heterocycles. The number of hydrogen-bond acceptors (Lipinski definition) is 9. The molecule has 0 bridgehead atoms. The van der Waals surface area contributed by atoms with Gasteiger partial charge in [0.2, 0.25) is 11.9 Å². The topological polar surface area (TPSA) is 109 Å². The van der Waals surface area contributed by atoms with Gasteiger partial charge in [-0.05, 0) is 55.4 Å². The van der Waals surface area contributed by atoms with Crippen molar-refractivity contribution in [3.8, 4) is 5.95 Å². The molecule has 0 amide bonds. The van der Waals surface area contributed by atoms with E-state index in [1.807, 2.05) is 36.4 Å². The summed E-state index contributed by atoms with van der Waals surface area (Å²) < 4.78 is 3.16. The number of para-hydroxylation sites is 1. The van der Waals surface area contributed by atoms with Gasteiger partial charge in [0, 0.05) is 62.5 Å². The van der Waals surface area contributed by atoms with Crippen LogP contribution in [-0.4, -0.2) is 71.7 Å². The van der Waals surface area contributed by atoms with E-state index in [9.17, 15) is 4.79 Å². The summed E-state index contributed by atoms with van der Waals surface area (Å²) in [5.41, 5.74) is 3.33. The lowest BCUT2D eigenvalue weighted by atomic mass is 10.00. The zero-order valence-corrected chi connectivity index (χ0v) is 23.1. The van der Waals surface area contributed by atoms with E-state index in [4.69, 9.17) is 4.98 Å². The van der Waals surface area contributed by atoms with E-state index in [1.165, 1.54) is 16.4 Å². The lowest BCUT2D eigenvalue weighted by molar-refractivity contribution is 0.173. The lowest BCUT2D eigenvalue weighted by Gasteiger charge is -2.42. The van der Waals surface area contributed by atoms with Gasteiger partial charge in [0.05, 0.1) is 5.52 Å². The molecule has 1 fully saturated rings. The second-order valence-electron chi connectivity index (χ2n) is 10.8. The van der Waals surface area contributed by atoms with Gasteiger partial charge in [-0.2, -0.15) is 9.50 Å². The van der Waals surface area contributed by atoms with Crippen LogP contribution >= 0.6 is 0 Å². The zero-order valence-electron chi connectivity index (χ0n) is 23.1. The Balaban J connectivity index is 0.00000316. The molecule has 11 heteroatoms. The Morgan fingerprint density at radius 2 is 1.71 bits per heavy atom. The van der Waals surface area contributed by atoms with E-state index in [1.54, 1.807) is 23.1 Å². The summed E-state index contributed by atoms with van der Waals surface area (Å²) in [5, 5.41) is 4.37. The summed E-state index contributed by atoms with van der Waals surface area (Å²) in [6.45, 7) is 7.63. The Morgan fingerprint density at radius 1 is 0.927 bits per heavy atom. The number of fused-ring (bicyclic) bond motifs is 4. The van der Waals surface area contributed by atoms with Gasteiger partial charge in [0.15, 0.2) is 11.3 Å². The van der Waals surface area contributed by atoms with Gasteiger partial charge in [-0.3, -0.25) is 9.69 Å². The minimum absolute atomic E-state index is 0. The van der Waals surface area contributed by atoms with Gasteiger partial charge in [-0.1, -0.05) is 26.0 Å². The molecule has 41 heavy (non-hydrogen) atoms. The van der Waals surface area contributed by atoms with E-state index >= 15 is 0 Å². The summed E-state index contributed by atoms with van der Waals surface area (Å²) in [5.74, 6) is 1.34. The molecule has 0 radical (unpaired) electrons. The highest BCUT2D eigenvalue weighted by molar-refractivity contribution is 5.95. The highest BCUT2D eigenvalue weighted by Crippen LogP contribution is 2.26. The van der Waals surface area contributed by atoms with Gasteiger partial charge >= 0.3 is 0 Å². The number of likely N-dealkylation sites (N-methyl/N-ethyl adjacent to an activating group) is 1. The fourth-order valence-corrected chi connectivity index (χ4v) is 5.68. The Labute approximate surface area is 237 Å². The largest absolute Gasteiger partial charge is 0.369 e. The molecule has 6 aromatic rings. The molecule has 0 unspecified atom stereocenters. The number of benzene rings is 2. The van der Waals surface area contributed by atoms with Crippen LogP contribution in [0.5, 0.6) is 0 Å². The molecule has 208 valence electrons. The first-order valence-corrected chi connectivity index (χ1v) is 13.8. The van der Waals surface area contributed by atoms with Crippen LogP contribution in [-0.2, 0) is 0 Å². The molecule has 7 rings (SSSR count). The maximum atomic E-state index is 13.7. The van der Waals surface area contributed by atoms with E-state index in [0.29, 0.717) is 40.5 Å². The van der Waals surface area contributed by atoms with Crippen LogP contribution in [0.4, 0.5) is 17.3 Å². The highest BCUT2D eigenvalue weighted by atomic mass is 16.1. The number of piperazine rings is 1. The van der Waals surface area contributed by atoms with Crippen molar-refractivity contribution in [3.63, 3.8) is 0 Å². The molecular formula is C30H32N10O. The smallest absolute Gasteiger partial charge is 0.284 e. The average molecular weight is 549 g/mol.